The van der Waals surface area contributed by atoms with Gasteiger partial charge in [0.05, 0.1) is 24.3 Å². The molecule has 0 radical (unpaired) electrons. The number of allylic oxidation sites excluding steroid dienone is 1. The summed E-state index contributed by atoms with van der Waals surface area (Å²) in [4.78, 5) is 26.4. The van der Waals surface area contributed by atoms with Crippen LogP contribution in [0.3, 0.4) is 0 Å². The van der Waals surface area contributed by atoms with Crippen LogP contribution in [0.2, 0.25) is 0 Å². The minimum Gasteiger partial charge on any atom is -0.497 e. The van der Waals surface area contributed by atoms with E-state index in [2.05, 4.69) is 59.0 Å². The molecular weight excluding hydrogens is 510 g/mol. The number of hydrogen-bond donors (Lipinski definition) is 2. The molecule has 1 aliphatic heterocycles. The van der Waals surface area contributed by atoms with Crippen LogP contribution in [0.4, 0.5) is 5.95 Å². The molecule has 0 spiro atoms. The summed E-state index contributed by atoms with van der Waals surface area (Å²) in [5.74, 6) is 1.85. The molecule has 7 heteroatoms. The topological polar surface area (TPSA) is 73.5 Å². The standard InChI is InChI=1S/C34H41N5O2/c1-5-11-25-14-10-15-30-31(25)37-34(36-30)35-27-20-22-39(23-21-27)32(38(3)33(40)26-12-8-7-9-13-26)29(6-2)24-16-18-28(41-4)19-17-24/h5,7-10,12-19,27,29,32H,1,6,11,20-23H2,2-4H3,(H2,35,36,37). The summed E-state index contributed by atoms with van der Waals surface area (Å²) in [7, 11) is 3.64. The number of para-hydroxylation sites is 1. The number of H-pyrrole nitrogens is 1. The molecule has 0 aliphatic carbocycles. The van der Waals surface area contributed by atoms with Crippen molar-refractivity contribution in [2.75, 3.05) is 32.6 Å². The first kappa shape index (κ1) is 28.4. The number of carbonyl (C=O) groups is 1. The van der Waals surface area contributed by atoms with E-state index in [9.17, 15) is 4.79 Å². The van der Waals surface area contributed by atoms with Crippen LogP contribution in [-0.4, -0.2) is 65.1 Å². The minimum absolute atomic E-state index is 0.0421. The number of nitrogens with zero attached hydrogens (tertiary/aromatic N) is 3. The summed E-state index contributed by atoms with van der Waals surface area (Å²) in [5, 5.41) is 3.65. The number of aromatic nitrogens is 2. The van der Waals surface area contributed by atoms with Crippen LogP contribution in [0.15, 0.2) is 85.5 Å². The number of anilines is 1. The van der Waals surface area contributed by atoms with E-state index >= 15 is 0 Å². The lowest BCUT2D eigenvalue weighted by Crippen LogP contribution is -2.55. The third-order valence-electron chi connectivity index (χ3n) is 8.29. The molecular formula is C34H41N5O2. The molecule has 1 saturated heterocycles. The second kappa shape index (κ2) is 13.0. The SMILES string of the molecule is C=CCc1cccc2[nH]c(NC3CCN(C(C(CC)c4ccc(OC)cc4)N(C)C(=O)c4ccccc4)CC3)nc12. The van der Waals surface area contributed by atoms with Gasteiger partial charge in [-0.25, -0.2) is 4.98 Å². The Morgan fingerprint density at radius 2 is 1.85 bits per heavy atom. The van der Waals surface area contributed by atoms with Gasteiger partial charge in [0.1, 0.15) is 5.75 Å². The summed E-state index contributed by atoms with van der Waals surface area (Å²) in [5.41, 5.74) is 5.13. The van der Waals surface area contributed by atoms with E-state index in [1.54, 1.807) is 7.11 Å². The van der Waals surface area contributed by atoms with Crippen LogP contribution in [0, 0.1) is 0 Å². The van der Waals surface area contributed by atoms with Crippen LogP contribution >= 0.6 is 0 Å². The predicted octanol–water partition coefficient (Wildman–Crippen LogP) is 6.47. The number of imidazole rings is 1. The molecule has 0 bridgehead atoms. The zero-order valence-electron chi connectivity index (χ0n) is 24.3. The number of fused-ring (bicyclic) bond motifs is 1. The van der Waals surface area contributed by atoms with E-state index in [0.717, 1.165) is 61.5 Å². The van der Waals surface area contributed by atoms with Crippen molar-refractivity contribution < 1.29 is 9.53 Å². The highest BCUT2D eigenvalue weighted by molar-refractivity contribution is 5.94. The van der Waals surface area contributed by atoms with Crippen molar-refractivity contribution in [3.63, 3.8) is 0 Å². The molecule has 4 aromatic rings. The van der Waals surface area contributed by atoms with E-state index in [-0.39, 0.29) is 18.0 Å². The Labute approximate surface area is 243 Å². The number of ether oxygens (including phenoxy) is 1. The average molecular weight is 552 g/mol. The molecule has 2 heterocycles. The van der Waals surface area contributed by atoms with E-state index in [4.69, 9.17) is 9.72 Å². The number of aromatic amines is 1. The van der Waals surface area contributed by atoms with Gasteiger partial charge in [-0.1, -0.05) is 55.5 Å². The fourth-order valence-corrected chi connectivity index (χ4v) is 6.13. The maximum Gasteiger partial charge on any atom is 0.254 e. The van der Waals surface area contributed by atoms with Gasteiger partial charge in [0.15, 0.2) is 0 Å². The lowest BCUT2D eigenvalue weighted by atomic mass is 9.90. The zero-order chi connectivity index (χ0) is 28.8. The monoisotopic (exact) mass is 551 g/mol. The molecule has 1 aromatic heterocycles. The van der Waals surface area contributed by atoms with Crippen molar-refractivity contribution in [2.45, 2.75) is 50.7 Å². The van der Waals surface area contributed by atoms with E-state index in [1.165, 1.54) is 11.1 Å². The van der Waals surface area contributed by atoms with Gasteiger partial charge in [-0.3, -0.25) is 9.69 Å². The quantitative estimate of drug-likeness (QED) is 0.209. The molecule has 1 fully saturated rings. The molecule has 2 N–H and O–H groups in total. The molecule has 1 amide bonds. The van der Waals surface area contributed by atoms with Gasteiger partial charge in [0.2, 0.25) is 5.95 Å². The summed E-state index contributed by atoms with van der Waals surface area (Å²) in [6, 6.07) is 24.4. The van der Waals surface area contributed by atoms with Crippen LogP contribution in [0.5, 0.6) is 5.75 Å². The molecule has 2 atom stereocenters. The van der Waals surface area contributed by atoms with Crippen LogP contribution in [0.1, 0.15) is 53.6 Å². The summed E-state index contributed by atoms with van der Waals surface area (Å²) < 4.78 is 5.41. The number of likely N-dealkylation sites (tertiary alicyclic amines) is 1. The molecule has 2 unspecified atom stereocenters. The largest absolute Gasteiger partial charge is 0.497 e. The van der Waals surface area contributed by atoms with Gasteiger partial charge < -0.3 is 19.9 Å². The predicted molar refractivity (Wildman–Crippen MR) is 167 cm³/mol. The van der Waals surface area contributed by atoms with Gasteiger partial charge in [-0.15, -0.1) is 6.58 Å². The van der Waals surface area contributed by atoms with Crippen LogP contribution < -0.4 is 10.1 Å². The van der Waals surface area contributed by atoms with Gasteiger partial charge in [0.25, 0.3) is 5.91 Å². The number of amides is 1. The minimum atomic E-state index is -0.0743. The number of hydrogen-bond acceptors (Lipinski definition) is 5. The fourth-order valence-electron chi connectivity index (χ4n) is 6.13. The Morgan fingerprint density at radius 3 is 2.51 bits per heavy atom. The highest BCUT2D eigenvalue weighted by atomic mass is 16.5. The number of nitrogens with one attached hydrogen (secondary N) is 2. The van der Waals surface area contributed by atoms with E-state index in [1.807, 2.05) is 60.5 Å². The average Bonchev–Trinajstić information content (AvgIpc) is 3.44. The number of piperidine rings is 1. The van der Waals surface area contributed by atoms with Crippen molar-refractivity contribution in [1.82, 2.24) is 19.8 Å². The third-order valence-corrected chi connectivity index (χ3v) is 8.29. The van der Waals surface area contributed by atoms with E-state index in [0.29, 0.717) is 11.6 Å². The first-order valence-corrected chi connectivity index (χ1v) is 14.6. The highest BCUT2D eigenvalue weighted by Gasteiger charge is 2.36. The van der Waals surface area contributed by atoms with Crippen LogP contribution in [-0.2, 0) is 6.42 Å². The molecule has 41 heavy (non-hydrogen) atoms. The van der Waals surface area contributed by atoms with Crippen molar-refractivity contribution >= 4 is 22.9 Å². The number of methoxy groups -OCH3 is 1. The first-order chi connectivity index (χ1) is 20.0. The van der Waals surface area contributed by atoms with Crippen molar-refractivity contribution in [3.8, 4) is 5.75 Å². The lowest BCUT2D eigenvalue weighted by Gasteiger charge is -2.45. The molecule has 1 aliphatic rings. The summed E-state index contributed by atoms with van der Waals surface area (Å²) in [6.07, 6.45) is 5.46. The first-order valence-electron chi connectivity index (χ1n) is 14.6. The number of likely N-dealkylation sites (N-methyl/N-ethyl adjacent to an activating group) is 1. The fraction of sp³-hybridized carbons (Fsp3) is 0.353. The number of rotatable bonds is 11. The molecule has 214 valence electrons. The Bertz CT molecular complexity index is 1440. The van der Waals surface area contributed by atoms with Crippen LogP contribution in [0.25, 0.3) is 11.0 Å². The summed E-state index contributed by atoms with van der Waals surface area (Å²) >= 11 is 0. The normalized spacial score (nSPS) is 15.8. The molecule has 7 nitrogen and oxygen atoms in total. The van der Waals surface area contributed by atoms with Gasteiger partial charge in [-0.05, 0) is 67.1 Å². The second-order valence-electron chi connectivity index (χ2n) is 10.8. The van der Waals surface area contributed by atoms with Gasteiger partial charge >= 0.3 is 0 Å². The smallest absolute Gasteiger partial charge is 0.254 e. The second-order valence-corrected chi connectivity index (χ2v) is 10.8. The van der Waals surface area contributed by atoms with Gasteiger partial charge in [-0.2, -0.15) is 0 Å². The van der Waals surface area contributed by atoms with E-state index < -0.39 is 0 Å². The van der Waals surface area contributed by atoms with Crippen molar-refractivity contribution in [3.05, 3.63) is 102 Å². The molecule has 0 saturated carbocycles. The van der Waals surface area contributed by atoms with Crippen molar-refractivity contribution in [2.24, 2.45) is 0 Å². The third kappa shape index (κ3) is 6.30. The Morgan fingerprint density at radius 1 is 1.12 bits per heavy atom. The maximum absolute atomic E-state index is 13.7. The number of benzene rings is 3. The lowest BCUT2D eigenvalue weighted by molar-refractivity contribution is 0.0201. The molecule has 5 rings (SSSR count). The Balaban J connectivity index is 1.34. The maximum atomic E-state index is 13.7. The molecule has 3 aromatic carbocycles. The Hall–Kier alpha value is -4.10. The highest BCUT2D eigenvalue weighted by Crippen LogP contribution is 2.33. The zero-order valence-corrected chi connectivity index (χ0v) is 24.3. The van der Waals surface area contributed by atoms with Crippen molar-refractivity contribution in [1.29, 1.82) is 0 Å². The van der Waals surface area contributed by atoms with Gasteiger partial charge in [0, 0.05) is 37.7 Å². The number of carbonyl (C=O) groups excluding carboxylic acids is 1. The Kier molecular flexibility index (Phi) is 9.04. The summed E-state index contributed by atoms with van der Waals surface area (Å²) in [6.45, 7) is 7.85.